The molecule has 1 aromatic heterocycles. The van der Waals surface area contributed by atoms with Crippen molar-refractivity contribution in [1.29, 1.82) is 0 Å². The molecule has 62 valence electrons. The number of aryl methyl sites for hydroxylation is 1. The van der Waals surface area contributed by atoms with Gasteiger partial charge in [-0.15, -0.1) is 5.10 Å². The summed E-state index contributed by atoms with van der Waals surface area (Å²) in [5.41, 5.74) is 2.23. The number of carbonyl (C=O) groups excluding carboxylic acids is 1. The number of rotatable bonds is 0. The summed E-state index contributed by atoms with van der Waals surface area (Å²) >= 11 is 0. The minimum absolute atomic E-state index is 0.0745. The van der Waals surface area contributed by atoms with Gasteiger partial charge in [-0.25, -0.2) is 4.68 Å². The van der Waals surface area contributed by atoms with Crippen molar-refractivity contribution in [2.24, 2.45) is 7.05 Å². The van der Waals surface area contributed by atoms with E-state index in [1.165, 1.54) is 0 Å². The lowest BCUT2D eigenvalue weighted by Gasteiger charge is -2.11. The molecular formula is C8H9N3O. The first kappa shape index (κ1) is 7.21. The fraction of sp³-hybridized carbons (Fsp3) is 0.375. The van der Waals surface area contributed by atoms with Crippen molar-refractivity contribution in [3.8, 4) is 0 Å². The van der Waals surface area contributed by atoms with E-state index < -0.39 is 0 Å². The van der Waals surface area contributed by atoms with Gasteiger partial charge in [0.05, 0.1) is 5.69 Å². The van der Waals surface area contributed by atoms with Crippen LogP contribution in [0.5, 0.6) is 0 Å². The zero-order valence-corrected chi connectivity index (χ0v) is 6.87. The van der Waals surface area contributed by atoms with Crippen LogP contribution in [-0.4, -0.2) is 20.8 Å². The van der Waals surface area contributed by atoms with E-state index in [0.717, 1.165) is 17.7 Å². The van der Waals surface area contributed by atoms with Gasteiger partial charge in [-0.05, 0) is 12.0 Å². The molecule has 0 amide bonds. The van der Waals surface area contributed by atoms with E-state index in [4.69, 9.17) is 0 Å². The molecule has 1 aliphatic carbocycles. The Morgan fingerprint density at radius 2 is 2.25 bits per heavy atom. The maximum absolute atomic E-state index is 11.3. The van der Waals surface area contributed by atoms with E-state index in [1.807, 2.05) is 0 Å². The molecular weight excluding hydrogens is 154 g/mol. The number of hydrogen-bond acceptors (Lipinski definition) is 3. The standard InChI is InChI=1S/C8H9N3O/c1-5-3-4-6(12)7-8(5)11(2)10-9-7/h1,3-4H2,2H3. The summed E-state index contributed by atoms with van der Waals surface area (Å²) in [6.07, 6.45) is 1.25. The molecule has 12 heavy (non-hydrogen) atoms. The number of aromatic nitrogens is 3. The Hall–Kier alpha value is -1.45. The third kappa shape index (κ3) is 0.809. The second-order valence-corrected chi connectivity index (χ2v) is 2.94. The molecule has 2 rings (SSSR count). The summed E-state index contributed by atoms with van der Waals surface area (Å²) in [6, 6.07) is 0. The summed E-state index contributed by atoms with van der Waals surface area (Å²) in [7, 11) is 1.77. The van der Waals surface area contributed by atoms with E-state index in [1.54, 1.807) is 11.7 Å². The molecule has 0 radical (unpaired) electrons. The Morgan fingerprint density at radius 1 is 1.50 bits per heavy atom. The van der Waals surface area contributed by atoms with E-state index in [0.29, 0.717) is 12.1 Å². The van der Waals surface area contributed by atoms with Crippen LogP contribution in [0.3, 0.4) is 0 Å². The second kappa shape index (κ2) is 2.27. The molecule has 0 atom stereocenters. The average molecular weight is 163 g/mol. The van der Waals surface area contributed by atoms with Crippen LogP contribution in [0.25, 0.3) is 5.57 Å². The Kier molecular flexibility index (Phi) is 1.36. The van der Waals surface area contributed by atoms with Crippen molar-refractivity contribution in [2.75, 3.05) is 0 Å². The number of hydrogen-bond donors (Lipinski definition) is 0. The number of ketones is 1. The van der Waals surface area contributed by atoms with Crippen molar-refractivity contribution in [2.45, 2.75) is 12.8 Å². The lowest BCUT2D eigenvalue weighted by Crippen LogP contribution is -2.11. The molecule has 4 nitrogen and oxygen atoms in total. The highest BCUT2D eigenvalue weighted by atomic mass is 16.1. The van der Waals surface area contributed by atoms with Crippen LogP contribution in [0.1, 0.15) is 29.0 Å². The Labute approximate surface area is 69.9 Å². The minimum atomic E-state index is 0.0745. The molecule has 1 aliphatic rings. The summed E-state index contributed by atoms with van der Waals surface area (Å²) in [5.74, 6) is 0.0745. The highest BCUT2D eigenvalue weighted by molar-refractivity contribution is 6.01. The number of fused-ring (bicyclic) bond motifs is 1. The molecule has 1 heterocycles. The molecule has 0 aromatic carbocycles. The van der Waals surface area contributed by atoms with Gasteiger partial charge >= 0.3 is 0 Å². The van der Waals surface area contributed by atoms with Crippen molar-refractivity contribution in [3.05, 3.63) is 18.0 Å². The van der Waals surface area contributed by atoms with Gasteiger partial charge in [0.15, 0.2) is 11.5 Å². The van der Waals surface area contributed by atoms with Crippen molar-refractivity contribution < 1.29 is 4.79 Å². The third-order valence-electron chi connectivity index (χ3n) is 2.08. The quantitative estimate of drug-likeness (QED) is 0.568. The first-order valence-corrected chi connectivity index (χ1v) is 3.81. The van der Waals surface area contributed by atoms with E-state index in [9.17, 15) is 4.79 Å². The van der Waals surface area contributed by atoms with Gasteiger partial charge in [0, 0.05) is 13.5 Å². The van der Waals surface area contributed by atoms with Crippen molar-refractivity contribution in [1.82, 2.24) is 15.0 Å². The van der Waals surface area contributed by atoms with Gasteiger partial charge in [0.1, 0.15) is 0 Å². The molecule has 0 fully saturated rings. The highest BCUT2D eigenvalue weighted by Crippen LogP contribution is 2.26. The minimum Gasteiger partial charge on any atom is -0.292 e. The lowest BCUT2D eigenvalue weighted by atomic mass is 9.96. The summed E-state index contributed by atoms with van der Waals surface area (Å²) < 4.78 is 1.61. The third-order valence-corrected chi connectivity index (χ3v) is 2.08. The van der Waals surface area contributed by atoms with Gasteiger partial charge in [0.25, 0.3) is 0 Å². The van der Waals surface area contributed by atoms with Crippen LogP contribution in [-0.2, 0) is 7.05 Å². The molecule has 0 aliphatic heterocycles. The number of nitrogens with zero attached hydrogens (tertiary/aromatic N) is 3. The second-order valence-electron chi connectivity index (χ2n) is 2.94. The molecule has 0 bridgehead atoms. The predicted molar refractivity (Wildman–Crippen MR) is 43.6 cm³/mol. The fourth-order valence-corrected chi connectivity index (χ4v) is 1.44. The molecule has 0 N–H and O–H groups in total. The Bertz CT molecular complexity index is 364. The maximum Gasteiger partial charge on any atom is 0.185 e. The van der Waals surface area contributed by atoms with Gasteiger partial charge in [-0.2, -0.15) is 0 Å². The summed E-state index contributed by atoms with van der Waals surface area (Å²) in [5, 5.41) is 7.57. The number of carbonyl (C=O) groups is 1. The number of Topliss-reactive ketones (excluding diaryl/α,β-unsaturated/α-hetero) is 1. The monoisotopic (exact) mass is 163 g/mol. The van der Waals surface area contributed by atoms with Gasteiger partial charge in [0.2, 0.25) is 0 Å². The first-order chi connectivity index (χ1) is 5.70. The van der Waals surface area contributed by atoms with Gasteiger partial charge in [-0.3, -0.25) is 4.79 Å². The molecule has 0 saturated heterocycles. The van der Waals surface area contributed by atoms with Crippen LogP contribution in [0.4, 0.5) is 0 Å². The Morgan fingerprint density at radius 3 is 2.92 bits per heavy atom. The zero-order valence-electron chi connectivity index (χ0n) is 6.87. The van der Waals surface area contributed by atoms with Gasteiger partial charge < -0.3 is 0 Å². The van der Waals surface area contributed by atoms with Crippen molar-refractivity contribution in [3.63, 3.8) is 0 Å². The molecule has 0 spiro atoms. The van der Waals surface area contributed by atoms with Crippen LogP contribution in [0, 0.1) is 0 Å². The van der Waals surface area contributed by atoms with E-state index in [2.05, 4.69) is 16.9 Å². The summed E-state index contributed by atoms with van der Waals surface area (Å²) in [4.78, 5) is 11.3. The topological polar surface area (TPSA) is 47.8 Å². The smallest absolute Gasteiger partial charge is 0.185 e. The van der Waals surface area contributed by atoms with Gasteiger partial charge in [-0.1, -0.05) is 11.8 Å². The molecule has 4 heteroatoms. The van der Waals surface area contributed by atoms with E-state index >= 15 is 0 Å². The van der Waals surface area contributed by atoms with Crippen molar-refractivity contribution >= 4 is 11.4 Å². The van der Waals surface area contributed by atoms with Crippen LogP contribution in [0.2, 0.25) is 0 Å². The normalized spacial score (nSPS) is 16.4. The predicted octanol–water partition coefficient (Wildman–Crippen LogP) is 0.805. The van der Waals surface area contributed by atoms with Crippen LogP contribution in [0.15, 0.2) is 6.58 Å². The number of allylic oxidation sites excluding steroid dienone is 1. The average Bonchev–Trinajstić information content (AvgIpc) is 2.42. The zero-order chi connectivity index (χ0) is 8.72. The largest absolute Gasteiger partial charge is 0.292 e. The lowest BCUT2D eigenvalue weighted by molar-refractivity contribution is 0.0975. The van der Waals surface area contributed by atoms with Crippen LogP contribution < -0.4 is 0 Å². The molecule has 1 aromatic rings. The molecule has 0 saturated carbocycles. The SMILES string of the molecule is C=C1CCC(=O)c2nnn(C)c21. The summed E-state index contributed by atoms with van der Waals surface area (Å²) in [6.45, 7) is 3.87. The van der Waals surface area contributed by atoms with Crippen LogP contribution >= 0.6 is 0 Å². The molecule has 0 unspecified atom stereocenters. The Balaban J connectivity index is 2.65. The highest BCUT2D eigenvalue weighted by Gasteiger charge is 2.24. The first-order valence-electron chi connectivity index (χ1n) is 3.81. The van der Waals surface area contributed by atoms with E-state index in [-0.39, 0.29) is 5.78 Å². The maximum atomic E-state index is 11.3. The fourth-order valence-electron chi connectivity index (χ4n) is 1.44.